The Morgan fingerprint density at radius 1 is 1.35 bits per heavy atom. The lowest BCUT2D eigenvalue weighted by molar-refractivity contribution is -0.119. The normalized spacial score (nSPS) is 23.1. The summed E-state index contributed by atoms with van der Waals surface area (Å²) in [5, 5.41) is 6.45. The third kappa shape index (κ3) is 1.89. The average Bonchev–Trinajstić information content (AvgIpc) is 3.11. The van der Waals surface area contributed by atoms with Crippen molar-refractivity contribution in [3.63, 3.8) is 0 Å². The fourth-order valence-corrected chi connectivity index (χ4v) is 3.44. The summed E-state index contributed by atoms with van der Waals surface area (Å²) in [6, 6.07) is 5.75. The van der Waals surface area contributed by atoms with Crippen LogP contribution in [0.5, 0.6) is 0 Å². The molecule has 100 valence electrons. The molecule has 0 aromatic heterocycles. The standard InChI is InChI=1S/C15H12N2O2S/c18-14(16-9-2-3-9)8-1-4-10-12(7-8)17-15(19)11-5-6-20-13(10)11/h1,4-7,9,11H,2-3H2,(H,16,18). The van der Waals surface area contributed by atoms with E-state index < -0.39 is 0 Å². The highest BCUT2D eigenvalue weighted by atomic mass is 32.2. The fraction of sp³-hybridized carbons (Fsp3) is 0.267. The van der Waals surface area contributed by atoms with Gasteiger partial charge >= 0.3 is 0 Å². The van der Waals surface area contributed by atoms with Crippen molar-refractivity contribution in [3.05, 3.63) is 45.8 Å². The first-order chi connectivity index (χ1) is 9.72. The summed E-state index contributed by atoms with van der Waals surface area (Å²) in [6.45, 7) is 0. The maximum absolute atomic E-state index is 12.0. The van der Waals surface area contributed by atoms with Gasteiger partial charge in [0.25, 0.3) is 11.8 Å². The molecule has 1 aromatic rings. The van der Waals surface area contributed by atoms with E-state index in [4.69, 9.17) is 0 Å². The van der Waals surface area contributed by atoms with E-state index in [1.165, 1.54) is 0 Å². The second-order valence-electron chi connectivity index (χ2n) is 5.22. The van der Waals surface area contributed by atoms with Gasteiger partial charge in [0.05, 0.1) is 11.3 Å². The van der Waals surface area contributed by atoms with Crippen LogP contribution in [0.4, 0.5) is 0 Å². The van der Waals surface area contributed by atoms with Crippen LogP contribution in [0.25, 0.3) is 4.91 Å². The molecule has 20 heavy (non-hydrogen) atoms. The molecule has 1 aromatic carbocycles. The number of carbonyl (C=O) groups excluding carboxylic acids is 2. The van der Waals surface area contributed by atoms with Crippen molar-refractivity contribution < 1.29 is 9.59 Å². The molecule has 1 fully saturated rings. The lowest BCUT2D eigenvalue weighted by Gasteiger charge is -2.12. The predicted octanol–water partition coefficient (Wildman–Crippen LogP) is 0.724. The van der Waals surface area contributed by atoms with Crippen LogP contribution in [-0.4, -0.2) is 17.9 Å². The van der Waals surface area contributed by atoms with Crippen molar-refractivity contribution in [2.45, 2.75) is 18.9 Å². The van der Waals surface area contributed by atoms with Crippen LogP contribution < -0.4 is 15.9 Å². The van der Waals surface area contributed by atoms with Gasteiger partial charge < -0.3 is 5.32 Å². The summed E-state index contributed by atoms with van der Waals surface area (Å²) in [5.41, 5.74) is 0.571. The minimum Gasteiger partial charge on any atom is -0.349 e. The molecule has 2 heterocycles. The number of nitrogens with one attached hydrogen (secondary N) is 1. The van der Waals surface area contributed by atoms with Crippen molar-refractivity contribution in [2.75, 3.05) is 0 Å². The second-order valence-corrected chi connectivity index (χ2v) is 6.17. The first-order valence-corrected chi connectivity index (χ1v) is 7.51. The van der Waals surface area contributed by atoms with Crippen molar-refractivity contribution in [1.82, 2.24) is 5.32 Å². The molecule has 0 saturated heterocycles. The van der Waals surface area contributed by atoms with E-state index in [0.717, 1.165) is 23.0 Å². The highest BCUT2D eigenvalue weighted by Gasteiger charge is 2.28. The van der Waals surface area contributed by atoms with Crippen LogP contribution in [0.2, 0.25) is 0 Å². The number of benzene rings is 1. The molecular formula is C15H12N2O2S. The van der Waals surface area contributed by atoms with Gasteiger partial charge in [0.15, 0.2) is 0 Å². The third-order valence-corrected chi connectivity index (χ3v) is 4.70. The highest BCUT2D eigenvalue weighted by Crippen LogP contribution is 2.35. The molecule has 1 atom stereocenters. The van der Waals surface area contributed by atoms with E-state index in [1.54, 1.807) is 17.8 Å². The molecular weight excluding hydrogens is 272 g/mol. The molecule has 1 aliphatic carbocycles. The lowest BCUT2D eigenvalue weighted by Crippen LogP contribution is -2.37. The molecule has 0 bridgehead atoms. The van der Waals surface area contributed by atoms with Crippen LogP contribution in [0.15, 0.2) is 34.7 Å². The number of hydrogen-bond donors (Lipinski definition) is 1. The van der Waals surface area contributed by atoms with Crippen molar-refractivity contribution in [3.8, 4) is 0 Å². The number of amides is 2. The molecule has 1 saturated carbocycles. The van der Waals surface area contributed by atoms with E-state index in [2.05, 4.69) is 10.3 Å². The van der Waals surface area contributed by atoms with Gasteiger partial charge in [0.2, 0.25) is 0 Å². The molecule has 2 amide bonds. The molecule has 0 radical (unpaired) electrons. The fourth-order valence-electron chi connectivity index (χ4n) is 2.44. The molecule has 0 spiro atoms. The summed E-state index contributed by atoms with van der Waals surface area (Å²) in [6.07, 6.45) is 3.99. The van der Waals surface area contributed by atoms with Crippen LogP contribution >= 0.6 is 11.8 Å². The van der Waals surface area contributed by atoms with Crippen molar-refractivity contribution >= 4 is 28.5 Å². The minimum atomic E-state index is -0.223. The summed E-state index contributed by atoms with van der Waals surface area (Å²) >= 11 is 1.56. The molecule has 3 aliphatic rings. The number of hydrogen-bond acceptors (Lipinski definition) is 3. The van der Waals surface area contributed by atoms with E-state index >= 15 is 0 Å². The topological polar surface area (TPSA) is 58.5 Å². The number of fused-ring (bicyclic) bond motifs is 2. The maximum Gasteiger partial charge on any atom is 0.258 e. The third-order valence-electron chi connectivity index (χ3n) is 3.68. The Bertz CT molecular complexity index is 778. The smallest absolute Gasteiger partial charge is 0.258 e. The van der Waals surface area contributed by atoms with Gasteiger partial charge in [-0.15, -0.1) is 11.8 Å². The van der Waals surface area contributed by atoms with Crippen LogP contribution in [-0.2, 0) is 4.79 Å². The van der Waals surface area contributed by atoms with Crippen molar-refractivity contribution in [1.29, 1.82) is 0 Å². The van der Waals surface area contributed by atoms with Gasteiger partial charge in [-0.1, -0.05) is 12.1 Å². The molecule has 1 unspecified atom stereocenters. The zero-order valence-corrected chi connectivity index (χ0v) is 11.4. The van der Waals surface area contributed by atoms with E-state index in [1.807, 2.05) is 23.6 Å². The Kier molecular flexibility index (Phi) is 2.57. The molecule has 1 N–H and O–H groups in total. The van der Waals surface area contributed by atoms with Gasteiger partial charge in [0, 0.05) is 21.7 Å². The van der Waals surface area contributed by atoms with E-state index in [9.17, 15) is 9.59 Å². The highest BCUT2D eigenvalue weighted by molar-refractivity contribution is 8.10. The molecule has 4 rings (SSSR count). The zero-order chi connectivity index (χ0) is 13.7. The summed E-state index contributed by atoms with van der Waals surface area (Å²) in [7, 11) is 0. The minimum absolute atomic E-state index is 0.0812. The largest absolute Gasteiger partial charge is 0.349 e. The Morgan fingerprint density at radius 2 is 2.20 bits per heavy atom. The van der Waals surface area contributed by atoms with E-state index in [0.29, 0.717) is 17.0 Å². The predicted molar refractivity (Wildman–Crippen MR) is 76.3 cm³/mol. The SMILES string of the molecule is O=C(NC1CC1)c1ccc2c(c1)=NC(=O)C1C=CSC=21. The summed E-state index contributed by atoms with van der Waals surface area (Å²) < 4.78 is 0. The van der Waals surface area contributed by atoms with Gasteiger partial charge in [-0.25, -0.2) is 4.99 Å². The number of thioether (sulfide) groups is 1. The Labute approximate surface area is 119 Å². The number of rotatable bonds is 2. The quantitative estimate of drug-likeness (QED) is 0.871. The first-order valence-electron chi connectivity index (χ1n) is 6.63. The van der Waals surface area contributed by atoms with E-state index in [-0.39, 0.29) is 17.7 Å². The second kappa shape index (κ2) is 4.31. The van der Waals surface area contributed by atoms with Gasteiger partial charge in [-0.05, 0) is 30.4 Å². The lowest BCUT2D eigenvalue weighted by atomic mass is 10.0. The maximum atomic E-state index is 12.0. The van der Waals surface area contributed by atoms with Gasteiger partial charge in [-0.2, -0.15) is 0 Å². The first kappa shape index (κ1) is 11.9. The molecule has 2 aliphatic heterocycles. The Hall–Kier alpha value is -1.88. The molecule has 5 heteroatoms. The van der Waals surface area contributed by atoms with Crippen LogP contribution in [0, 0.1) is 5.92 Å². The summed E-state index contributed by atoms with van der Waals surface area (Å²) in [4.78, 5) is 29.1. The number of carbonyl (C=O) groups is 2. The average molecular weight is 284 g/mol. The Morgan fingerprint density at radius 3 is 3.00 bits per heavy atom. The van der Waals surface area contributed by atoms with Crippen LogP contribution in [0.1, 0.15) is 23.2 Å². The number of nitrogens with zero attached hydrogens (tertiary/aromatic N) is 1. The monoisotopic (exact) mass is 284 g/mol. The van der Waals surface area contributed by atoms with Gasteiger partial charge in [-0.3, -0.25) is 9.59 Å². The zero-order valence-electron chi connectivity index (χ0n) is 10.6. The van der Waals surface area contributed by atoms with Crippen molar-refractivity contribution in [2.24, 2.45) is 10.9 Å². The summed E-state index contributed by atoms with van der Waals surface area (Å²) in [5.74, 6) is -0.450. The van der Waals surface area contributed by atoms with Crippen LogP contribution in [0.3, 0.4) is 0 Å². The Balaban J connectivity index is 1.80. The van der Waals surface area contributed by atoms with Gasteiger partial charge in [0.1, 0.15) is 0 Å². The molecule has 4 nitrogen and oxygen atoms in total.